The van der Waals surface area contributed by atoms with Crippen molar-refractivity contribution in [2.24, 2.45) is 5.92 Å². The molecule has 0 radical (unpaired) electrons. The summed E-state index contributed by atoms with van der Waals surface area (Å²) in [5.41, 5.74) is 0. The van der Waals surface area contributed by atoms with Gasteiger partial charge in [-0.05, 0) is 39.3 Å². The summed E-state index contributed by atoms with van der Waals surface area (Å²) in [5, 5.41) is 9.27. The smallest absolute Gasteiger partial charge is 0.0552 e. The number of aliphatic hydroxyl groups excluding tert-OH is 1. The maximum Gasteiger partial charge on any atom is 0.0552 e. The molecule has 1 saturated heterocycles. The lowest BCUT2D eigenvalue weighted by Crippen LogP contribution is -2.36. The molecule has 1 heterocycles. The van der Waals surface area contributed by atoms with E-state index in [1.165, 1.54) is 19.4 Å². The van der Waals surface area contributed by atoms with Crippen LogP contribution in [0.5, 0.6) is 0 Å². The average Bonchev–Trinajstić information content (AvgIpc) is 1.88. The normalized spacial score (nSPS) is 32.1. The number of aliphatic hydroxyl groups is 1. The van der Waals surface area contributed by atoms with Gasteiger partial charge in [-0.1, -0.05) is 0 Å². The molecule has 1 N–H and O–H groups in total. The first-order valence-corrected chi connectivity index (χ1v) is 4.07. The van der Waals surface area contributed by atoms with Crippen LogP contribution in [0.2, 0.25) is 0 Å². The number of rotatable bonds is 1. The molecule has 0 aromatic rings. The number of hydrogen-bond acceptors (Lipinski definition) is 2. The number of nitrogens with zero attached hydrogens (tertiary/aromatic N) is 1. The molecule has 1 fully saturated rings. The van der Waals surface area contributed by atoms with Gasteiger partial charge in [0.2, 0.25) is 0 Å². The van der Waals surface area contributed by atoms with Gasteiger partial charge >= 0.3 is 0 Å². The third-order valence-corrected chi connectivity index (χ3v) is 2.34. The fourth-order valence-corrected chi connectivity index (χ4v) is 1.60. The second-order valence-electron chi connectivity index (χ2n) is 3.41. The van der Waals surface area contributed by atoms with Gasteiger partial charge in [0.1, 0.15) is 0 Å². The van der Waals surface area contributed by atoms with Gasteiger partial charge in [0.25, 0.3) is 0 Å². The molecule has 2 nitrogen and oxygen atoms in total. The summed E-state index contributed by atoms with van der Waals surface area (Å²) in [6.07, 6.45) is 2.32. The molecule has 0 aromatic carbocycles. The summed E-state index contributed by atoms with van der Waals surface area (Å²) < 4.78 is 0. The SMILES string of the molecule is C[C@H](O)[C@@H]1CCCN(C)C1. The molecule has 0 aliphatic carbocycles. The van der Waals surface area contributed by atoms with E-state index in [0.29, 0.717) is 5.92 Å². The second kappa shape index (κ2) is 3.35. The fraction of sp³-hybridized carbons (Fsp3) is 1.00. The van der Waals surface area contributed by atoms with Crippen molar-refractivity contribution in [3.8, 4) is 0 Å². The first-order chi connectivity index (χ1) is 4.70. The van der Waals surface area contributed by atoms with Crippen LogP contribution in [-0.2, 0) is 0 Å². The Balaban J connectivity index is 2.32. The molecule has 1 aliphatic rings. The third kappa shape index (κ3) is 1.96. The van der Waals surface area contributed by atoms with Crippen molar-refractivity contribution in [1.29, 1.82) is 0 Å². The van der Waals surface area contributed by atoms with E-state index in [9.17, 15) is 5.11 Å². The molecule has 1 aliphatic heterocycles. The lowest BCUT2D eigenvalue weighted by molar-refractivity contribution is 0.0728. The number of hydrogen-bond donors (Lipinski definition) is 1. The Bertz CT molecular complexity index is 103. The molecule has 0 saturated carbocycles. The highest BCUT2D eigenvalue weighted by Gasteiger charge is 2.20. The molecule has 1 rings (SSSR count). The Labute approximate surface area is 62.8 Å². The maximum absolute atomic E-state index is 9.27. The minimum absolute atomic E-state index is 0.122. The Morgan fingerprint density at radius 3 is 2.70 bits per heavy atom. The van der Waals surface area contributed by atoms with Crippen LogP contribution >= 0.6 is 0 Å². The third-order valence-electron chi connectivity index (χ3n) is 2.34. The molecule has 0 amide bonds. The highest BCUT2D eigenvalue weighted by atomic mass is 16.3. The van der Waals surface area contributed by atoms with Crippen molar-refractivity contribution >= 4 is 0 Å². The summed E-state index contributed by atoms with van der Waals surface area (Å²) in [6.45, 7) is 4.16. The van der Waals surface area contributed by atoms with Gasteiger partial charge in [0.15, 0.2) is 0 Å². The Morgan fingerprint density at radius 1 is 1.60 bits per heavy atom. The van der Waals surface area contributed by atoms with Gasteiger partial charge in [-0.3, -0.25) is 0 Å². The summed E-state index contributed by atoms with van der Waals surface area (Å²) in [5.74, 6) is 0.513. The van der Waals surface area contributed by atoms with Crippen LogP contribution in [0.25, 0.3) is 0 Å². The monoisotopic (exact) mass is 143 g/mol. The standard InChI is InChI=1S/C8H17NO/c1-7(10)8-4-3-5-9(2)6-8/h7-8,10H,3-6H2,1-2H3/t7-,8+/m0/s1. The Hall–Kier alpha value is -0.0800. The van der Waals surface area contributed by atoms with E-state index < -0.39 is 0 Å². The van der Waals surface area contributed by atoms with Crippen molar-refractivity contribution < 1.29 is 5.11 Å². The van der Waals surface area contributed by atoms with Gasteiger partial charge in [0.05, 0.1) is 6.10 Å². The molecule has 2 heteroatoms. The van der Waals surface area contributed by atoms with Crippen LogP contribution in [0.1, 0.15) is 19.8 Å². The topological polar surface area (TPSA) is 23.5 Å². The second-order valence-corrected chi connectivity index (χ2v) is 3.41. The Kier molecular flexibility index (Phi) is 2.69. The molecule has 2 atom stereocenters. The van der Waals surface area contributed by atoms with E-state index in [1.807, 2.05) is 6.92 Å². The quantitative estimate of drug-likeness (QED) is 0.584. The van der Waals surface area contributed by atoms with Gasteiger partial charge in [-0.2, -0.15) is 0 Å². The lowest BCUT2D eigenvalue weighted by atomic mass is 9.94. The Morgan fingerprint density at radius 2 is 2.30 bits per heavy atom. The average molecular weight is 143 g/mol. The summed E-state index contributed by atoms with van der Waals surface area (Å²) >= 11 is 0. The van der Waals surface area contributed by atoms with Crippen molar-refractivity contribution in [3.05, 3.63) is 0 Å². The number of likely N-dealkylation sites (tertiary alicyclic amines) is 1. The van der Waals surface area contributed by atoms with Crippen LogP contribution in [0.15, 0.2) is 0 Å². The molecule has 60 valence electrons. The summed E-state index contributed by atoms with van der Waals surface area (Å²) in [7, 11) is 2.12. The predicted molar refractivity (Wildman–Crippen MR) is 41.9 cm³/mol. The van der Waals surface area contributed by atoms with Gasteiger partial charge in [-0.15, -0.1) is 0 Å². The van der Waals surface area contributed by atoms with Crippen molar-refractivity contribution in [3.63, 3.8) is 0 Å². The minimum Gasteiger partial charge on any atom is -0.393 e. The largest absolute Gasteiger partial charge is 0.393 e. The van der Waals surface area contributed by atoms with E-state index in [-0.39, 0.29) is 6.10 Å². The van der Waals surface area contributed by atoms with Crippen molar-refractivity contribution in [2.75, 3.05) is 20.1 Å². The zero-order valence-corrected chi connectivity index (χ0v) is 6.88. The summed E-state index contributed by atoms with van der Waals surface area (Å²) in [4.78, 5) is 2.29. The van der Waals surface area contributed by atoms with Crippen LogP contribution in [0, 0.1) is 5.92 Å². The van der Waals surface area contributed by atoms with E-state index in [4.69, 9.17) is 0 Å². The summed E-state index contributed by atoms with van der Waals surface area (Å²) in [6, 6.07) is 0. The highest BCUT2D eigenvalue weighted by Crippen LogP contribution is 2.17. The van der Waals surface area contributed by atoms with Crippen LogP contribution in [-0.4, -0.2) is 36.2 Å². The van der Waals surface area contributed by atoms with Gasteiger partial charge in [0, 0.05) is 6.54 Å². The zero-order valence-electron chi connectivity index (χ0n) is 6.88. The zero-order chi connectivity index (χ0) is 7.56. The molecule has 10 heavy (non-hydrogen) atoms. The molecule has 0 aromatic heterocycles. The van der Waals surface area contributed by atoms with E-state index in [1.54, 1.807) is 0 Å². The van der Waals surface area contributed by atoms with Crippen molar-refractivity contribution in [2.45, 2.75) is 25.9 Å². The van der Waals surface area contributed by atoms with Gasteiger partial charge in [-0.25, -0.2) is 0 Å². The van der Waals surface area contributed by atoms with E-state index >= 15 is 0 Å². The van der Waals surface area contributed by atoms with Crippen LogP contribution < -0.4 is 0 Å². The van der Waals surface area contributed by atoms with Crippen LogP contribution in [0.3, 0.4) is 0 Å². The van der Waals surface area contributed by atoms with E-state index in [2.05, 4.69) is 11.9 Å². The van der Waals surface area contributed by atoms with E-state index in [0.717, 1.165) is 6.54 Å². The van der Waals surface area contributed by atoms with Crippen LogP contribution in [0.4, 0.5) is 0 Å². The maximum atomic E-state index is 9.27. The lowest BCUT2D eigenvalue weighted by Gasteiger charge is -2.31. The molecular weight excluding hydrogens is 126 g/mol. The first-order valence-electron chi connectivity index (χ1n) is 4.07. The predicted octanol–water partition coefficient (Wildman–Crippen LogP) is 0.709. The first kappa shape index (κ1) is 8.02. The van der Waals surface area contributed by atoms with Crippen molar-refractivity contribution in [1.82, 2.24) is 4.90 Å². The molecule has 0 bridgehead atoms. The highest BCUT2D eigenvalue weighted by molar-refractivity contribution is 4.73. The fourth-order valence-electron chi connectivity index (χ4n) is 1.60. The van der Waals surface area contributed by atoms with Gasteiger partial charge < -0.3 is 10.0 Å². The minimum atomic E-state index is -0.122. The molecule has 0 spiro atoms. The molecule has 0 unspecified atom stereocenters. The number of piperidine rings is 1. The molecular formula is C8H17NO.